The normalized spacial score (nSPS) is 17.6. The second kappa shape index (κ2) is 19.6. The van der Waals surface area contributed by atoms with E-state index in [1.165, 1.54) is 11.0 Å². The minimum Gasteiger partial charge on any atom is -0.493 e. The summed E-state index contributed by atoms with van der Waals surface area (Å²) in [5.41, 5.74) is 3.35. The number of carbonyl (C=O) groups excluding carboxylic acids is 5. The van der Waals surface area contributed by atoms with Gasteiger partial charge in [-0.2, -0.15) is 0 Å². The van der Waals surface area contributed by atoms with Crippen molar-refractivity contribution in [2.45, 2.75) is 117 Å². The number of aryl methyl sites for hydroxylation is 1. The highest BCUT2D eigenvalue weighted by molar-refractivity contribution is 6.74. The topological polar surface area (TPSA) is 178 Å². The van der Waals surface area contributed by atoms with Crippen molar-refractivity contribution in [2.75, 3.05) is 24.7 Å². The first-order valence-electron chi connectivity index (χ1n) is 19.9. The van der Waals surface area contributed by atoms with Gasteiger partial charge in [0.15, 0.2) is 20.3 Å². The largest absolute Gasteiger partial charge is 0.493 e. The molecular weight excluding hydrogens is 775 g/mol. The smallest absolute Gasteiger partial charge is 0.416 e. The number of esters is 1. The summed E-state index contributed by atoms with van der Waals surface area (Å²) in [4.78, 5) is 80.7. The molecule has 320 valence electrons. The number of benzene rings is 2. The van der Waals surface area contributed by atoms with Gasteiger partial charge in [0.25, 0.3) is 5.91 Å². The number of Topliss-reactive ketones (excluding diaryl/α,β-unsaturated/α-hetero) is 1. The standard InChI is InChI=1S/C44H59N3O11Si/c1-11-18-56-39(51)22-29(4)40(52)45-30(5)36(48)23-31-14-16-32(17-15-31)26-57-43(54)47-34-24-37(55-19-12-13-38(49)50)28(3)21-33(34)41(53)46-25-27(2)20-35(46)42(47)58-59(9,10)44(6,7)8/h11,14-17,21,24,29-30,35,42H,1-2,12-13,18-20,22-23,25-26H2,3-10H3,(H,45,52)(H,49,50)/t29-,30+,35+,42+/m1/s1. The zero-order valence-corrected chi connectivity index (χ0v) is 36.6. The van der Waals surface area contributed by atoms with Crippen LogP contribution in [0.4, 0.5) is 10.5 Å². The number of hydrogen-bond donors (Lipinski definition) is 2. The molecule has 2 N–H and O–H groups in total. The highest BCUT2D eigenvalue weighted by atomic mass is 28.4. The van der Waals surface area contributed by atoms with Gasteiger partial charge >= 0.3 is 18.0 Å². The van der Waals surface area contributed by atoms with E-state index >= 15 is 0 Å². The molecule has 2 heterocycles. The fourth-order valence-electron chi connectivity index (χ4n) is 6.50. The van der Waals surface area contributed by atoms with Gasteiger partial charge in [-0.25, -0.2) is 9.69 Å². The molecule has 4 atom stereocenters. The zero-order chi connectivity index (χ0) is 43.8. The summed E-state index contributed by atoms with van der Waals surface area (Å²) in [6, 6.07) is 8.96. The van der Waals surface area contributed by atoms with Gasteiger partial charge in [-0.15, -0.1) is 0 Å². The van der Waals surface area contributed by atoms with Crippen molar-refractivity contribution in [3.8, 4) is 5.75 Å². The van der Waals surface area contributed by atoms with Crippen molar-refractivity contribution in [3.63, 3.8) is 0 Å². The van der Waals surface area contributed by atoms with Crippen LogP contribution in [0, 0.1) is 12.8 Å². The Morgan fingerprint density at radius 1 is 1.05 bits per heavy atom. The maximum Gasteiger partial charge on any atom is 0.416 e. The maximum atomic E-state index is 14.5. The molecule has 15 heteroatoms. The molecule has 0 aliphatic carbocycles. The first-order valence-corrected chi connectivity index (χ1v) is 22.8. The molecule has 3 amide bonds. The van der Waals surface area contributed by atoms with Crippen LogP contribution < -0.4 is 15.0 Å². The van der Waals surface area contributed by atoms with Gasteiger partial charge in [-0.1, -0.05) is 76.8 Å². The van der Waals surface area contributed by atoms with E-state index in [1.807, 2.05) is 0 Å². The van der Waals surface area contributed by atoms with E-state index in [4.69, 9.17) is 23.7 Å². The van der Waals surface area contributed by atoms with Crippen molar-refractivity contribution in [3.05, 3.63) is 83.5 Å². The fourth-order valence-corrected chi connectivity index (χ4v) is 7.72. The van der Waals surface area contributed by atoms with Crippen LogP contribution in [0.2, 0.25) is 18.1 Å². The van der Waals surface area contributed by atoms with Gasteiger partial charge in [-0.05, 0) is 67.6 Å². The minimum atomic E-state index is -2.61. The highest BCUT2D eigenvalue weighted by Crippen LogP contribution is 2.44. The number of fused-ring (bicyclic) bond motifs is 2. The van der Waals surface area contributed by atoms with E-state index in [0.29, 0.717) is 35.4 Å². The van der Waals surface area contributed by atoms with E-state index in [1.54, 1.807) is 62.1 Å². The number of aliphatic carboxylic acids is 1. The third-order valence-electron chi connectivity index (χ3n) is 11.0. The molecule has 2 aromatic rings. The molecule has 0 unspecified atom stereocenters. The lowest BCUT2D eigenvalue weighted by Crippen LogP contribution is -2.58. The Balaban J connectivity index is 1.56. The molecule has 1 fully saturated rings. The van der Waals surface area contributed by atoms with Crippen LogP contribution in [0.1, 0.15) is 87.4 Å². The first kappa shape index (κ1) is 46.4. The van der Waals surface area contributed by atoms with Gasteiger partial charge in [0, 0.05) is 31.4 Å². The molecule has 2 aromatic carbocycles. The Hall–Kier alpha value is -5.28. The van der Waals surface area contributed by atoms with Gasteiger partial charge in [-0.3, -0.25) is 24.0 Å². The van der Waals surface area contributed by atoms with Gasteiger partial charge in [0.1, 0.15) is 19.0 Å². The summed E-state index contributed by atoms with van der Waals surface area (Å²) in [6.07, 6.45) is 0.292. The molecular formula is C44H59N3O11Si. The predicted octanol–water partition coefficient (Wildman–Crippen LogP) is 6.89. The second-order valence-electron chi connectivity index (χ2n) is 16.9. The lowest BCUT2D eigenvalue weighted by atomic mass is 10.0. The van der Waals surface area contributed by atoms with Gasteiger partial charge < -0.3 is 34.0 Å². The molecule has 59 heavy (non-hydrogen) atoms. The average Bonchev–Trinajstić information content (AvgIpc) is 3.52. The first-order chi connectivity index (χ1) is 27.6. The Morgan fingerprint density at radius 2 is 1.71 bits per heavy atom. The fraction of sp³-hybridized carbons (Fsp3) is 0.500. The molecule has 0 bridgehead atoms. The summed E-state index contributed by atoms with van der Waals surface area (Å²) in [6.45, 7) is 23.4. The summed E-state index contributed by atoms with van der Waals surface area (Å²) in [5, 5.41) is 11.5. The average molecular weight is 834 g/mol. The number of nitrogens with one attached hydrogen (secondary N) is 1. The Bertz CT molecular complexity index is 1940. The maximum absolute atomic E-state index is 14.5. The van der Waals surface area contributed by atoms with Crippen LogP contribution in [-0.4, -0.2) is 92.0 Å². The SMILES string of the molecule is C=CCOC(=O)C[C@@H](C)C(=O)N[C@@H](C)C(=O)Cc1ccc(COC(=O)N2c3cc(OCCCC(=O)O)c(C)cc3C(=O)N3CC(=C)C[C@H]3[C@@H]2O[Si](C)(C)C(C)(C)C)cc1. The number of ketones is 1. The van der Waals surface area contributed by atoms with E-state index in [0.717, 1.165) is 5.57 Å². The van der Waals surface area contributed by atoms with Crippen molar-refractivity contribution in [2.24, 2.45) is 5.92 Å². The van der Waals surface area contributed by atoms with E-state index in [-0.39, 0.29) is 73.5 Å². The summed E-state index contributed by atoms with van der Waals surface area (Å²) >= 11 is 0. The Kier molecular flexibility index (Phi) is 15.5. The molecule has 0 saturated carbocycles. The highest BCUT2D eigenvalue weighted by Gasteiger charge is 2.51. The second-order valence-corrected chi connectivity index (χ2v) is 21.7. The van der Waals surface area contributed by atoms with Crippen LogP contribution in [0.3, 0.4) is 0 Å². The Labute approximate surface area is 348 Å². The van der Waals surface area contributed by atoms with E-state index in [2.05, 4.69) is 52.3 Å². The van der Waals surface area contributed by atoms with Crippen LogP contribution in [0.25, 0.3) is 0 Å². The number of amides is 3. The molecule has 2 aliphatic rings. The van der Waals surface area contributed by atoms with Gasteiger partial charge in [0.2, 0.25) is 5.91 Å². The van der Waals surface area contributed by atoms with Crippen molar-refractivity contribution in [1.29, 1.82) is 0 Å². The predicted molar refractivity (Wildman–Crippen MR) is 225 cm³/mol. The molecule has 0 aromatic heterocycles. The Morgan fingerprint density at radius 3 is 2.34 bits per heavy atom. The summed E-state index contributed by atoms with van der Waals surface area (Å²) in [7, 11) is -2.61. The molecule has 14 nitrogen and oxygen atoms in total. The van der Waals surface area contributed by atoms with E-state index in [9.17, 15) is 28.8 Å². The monoisotopic (exact) mass is 833 g/mol. The molecule has 0 spiro atoms. The number of anilines is 1. The van der Waals surface area contributed by atoms with Gasteiger partial charge in [0.05, 0.1) is 36.4 Å². The van der Waals surface area contributed by atoms with Crippen LogP contribution in [0.15, 0.2) is 61.2 Å². The number of carboxylic acids is 1. The van der Waals surface area contributed by atoms with Crippen molar-refractivity contribution in [1.82, 2.24) is 10.2 Å². The van der Waals surface area contributed by atoms with Crippen molar-refractivity contribution < 1.29 is 52.5 Å². The number of carbonyl (C=O) groups is 6. The third kappa shape index (κ3) is 11.9. The molecule has 2 aliphatic heterocycles. The number of carboxylic acid groups (broad SMARTS) is 1. The zero-order valence-electron chi connectivity index (χ0n) is 35.6. The van der Waals surface area contributed by atoms with Crippen LogP contribution in [0.5, 0.6) is 5.75 Å². The lowest BCUT2D eigenvalue weighted by Gasteiger charge is -2.44. The summed E-state index contributed by atoms with van der Waals surface area (Å²) in [5.74, 6) is -2.71. The van der Waals surface area contributed by atoms with Crippen LogP contribution >= 0.6 is 0 Å². The lowest BCUT2D eigenvalue weighted by molar-refractivity contribution is -0.145. The molecule has 4 rings (SSSR count). The third-order valence-corrected chi connectivity index (χ3v) is 15.5. The molecule has 1 saturated heterocycles. The summed E-state index contributed by atoms with van der Waals surface area (Å²) < 4.78 is 24.0. The van der Waals surface area contributed by atoms with Crippen molar-refractivity contribution >= 4 is 49.6 Å². The number of rotatable bonds is 18. The van der Waals surface area contributed by atoms with Crippen LogP contribution in [-0.2, 0) is 46.1 Å². The number of ether oxygens (including phenoxy) is 3. The minimum absolute atomic E-state index is 0.0334. The number of hydrogen-bond acceptors (Lipinski definition) is 10. The van der Waals surface area contributed by atoms with E-state index < -0.39 is 56.5 Å². The quantitative estimate of drug-likeness (QED) is 0.0692. The number of nitrogens with zero attached hydrogens (tertiary/aromatic N) is 2. The molecule has 0 radical (unpaired) electrons.